The number of piperidine rings is 1. The molecule has 0 bridgehead atoms. The van der Waals surface area contributed by atoms with Gasteiger partial charge in [-0.2, -0.15) is 0 Å². The minimum absolute atomic E-state index is 0.106. The fourth-order valence-electron chi connectivity index (χ4n) is 3.95. The third-order valence-electron chi connectivity index (χ3n) is 5.29. The van der Waals surface area contributed by atoms with Gasteiger partial charge < -0.3 is 10.4 Å². The van der Waals surface area contributed by atoms with Gasteiger partial charge in [0.05, 0.1) is 6.10 Å². The van der Waals surface area contributed by atoms with Gasteiger partial charge in [0.2, 0.25) is 0 Å². The molecule has 1 aliphatic heterocycles. The molecule has 0 radical (unpaired) electrons. The van der Waals surface area contributed by atoms with E-state index in [9.17, 15) is 5.11 Å². The Kier molecular flexibility index (Phi) is 5.26. The van der Waals surface area contributed by atoms with Crippen LogP contribution in [-0.2, 0) is 6.42 Å². The predicted molar refractivity (Wildman–Crippen MR) is 87.8 cm³/mol. The Morgan fingerprint density at radius 1 is 1.18 bits per heavy atom. The molecule has 1 aliphatic carbocycles. The number of anilines is 1. The number of aliphatic hydroxyl groups excluding tert-OH is 1. The van der Waals surface area contributed by atoms with E-state index >= 15 is 0 Å². The fraction of sp³-hybridized carbons (Fsp3) is 0.765. The van der Waals surface area contributed by atoms with Crippen molar-refractivity contribution in [3.05, 3.63) is 18.1 Å². The second-order valence-electron chi connectivity index (χ2n) is 6.75. The Labute approximate surface area is 133 Å². The summed E-state index contributed by atoms with van der Waals surface area (Å²) in [5.74, 6) is 1.60. The highest BCUT2D eigenvalue weighted by atomic mass is 16.3. The summed E-state index contributed by atoms with van der Waals surface area (Å²) in [4.78, 5) is 11.1. The number of rotatable bonds is 4. The van der Waals surface area contributed by atoms with E-state index in [1.54, 1.807) is 6.33 Å². The van der Waals surface area contributed by atoms with E-state index in [4.69, 9.17) is 0 Å². The summed E-state index contributed by atoms with van der Waals surface area (Å²) in [6.45, 7) is 2.24. The van der Waals surface area contributed by atoms with Crippen LogP contribution in [0.2, 0.25) is 0 Å². The van der Waals surface area contributed by atoms with Crippen LogP contribution in [-0.4, -0.2) is 52.3 Å². The number of aliphatic hydroxyl groups is 1. The van der Waals surface area contributed by atoms with Crippen molar-refractivity contribution in [2.45, 2.75) is 57.1 Å². The van der Waals surface area contributed by atoms with Gasteiger partial charge >= 0.3 is 0 Å². The zero-order valence-electron chi connectivity index (χ0n) is 13.5. The van der Waals surface area contributed by atoms with Crippen molar-refractivity contribution in [1.82, 2.24) is 14.9 Å². The van der Waals surface area contributed by atoms with Gasteiger partial charge in [-0.25, -0.2) is 9.97 Å². The summed E-state index contributed by atoms with van der Waals surface area (Å²) in [6.07, 6.45) is 9.62. The number of nitrogens with zero attached hydrogens (tertiary/aromatic N) is 3. The van der Waals surface area contributed by atoms with Crippen LogP contribution in [0.25, 0.3) is 0 Å². The van der Waals surface area contributed by atoms with E-state index in [1.165, 1.54) is 32.1 Å². The normalized spacial score (nSPS) is 27.7. The molecule has 1 aromatic heterocycles. The van der Waals surface area contributed by atoms with Crippen LogP contribution in [0.5, 0.6) is 0 Å². The third-order valence-corrected chi connectivity index (χ3v) is 5.29. The molecule has 2 unspecified atom stereocenters. The predicted octanol–water partition coefficient (Wildman–Crippen LogP) is 2.08. The van der Waals surface area contributed by atoms with Crippen LogP contribution >= 0.6 is 0 Å². The summed E-state index contributed by atoms with van der Waals surface area (Å²) in [5, 5.41) is 13.3. The Morgan fingerprint density at radius 3 is 2.68 bits per heavy atom. The highest BCUT2D eigenvalue weighted by molar-refractivity contribution is 5.33. The summed E-state index contributed by atoms with van der Waals surface area (Å²) in [5.41, 5.74) is 1.13. The SMILES string of the molecule is CNc1cc(CC2CCN(C3CCCCC3O)CC2)ncn1. The highest BCUT2D eigenvalue weighted by Crippen LogP contribution is 2.28. The van der Waals surface area contributed by atoms with Crippen LogP contribution in [0.4, 0.5) is 5.82 Å². The summed E-state index contributed by atoms with van der Waals surface area (Å²) in [6, 6.07) is 2.46. The van der Waals surface area contributed by atoms with E-state index in [0.29, 0.717) is 12.0 Å². The first kappa shape index (κ1) is 15.7. The van der Waals surface area contributed by atoms with Crippen molar-refractivity contribution < 1.29 is 5.11 Å². The lowest BCUT2D eigenvalue weighted by molar-refractivity contribution is 0.00400. The molecule has 0 spiro atoms. The van der Waals surface area contributed by atoms with Crippen LogP contribution in [0, 0.1) is 5.92 Å². The first-order valence-electron chi connectivity index (χ1n) is 8.67. The van der Waals surface area contributed by atoms with Gasteiger partial charge in [-0.15, -0.1) is 0 Å². The zero-order valence-corrected chi connectivity index (χ0v) is 13.5. The number of nitrogens with one attached hydrogen (secondary N) is 1. The van der Waals surface area contributed by atoms with Gasteiger partial charge in [0, 0.05) is 24.8 Å². The van der Waals surface area contributed by atoms with Gasteiger partial charge in [-0.05, 0) is 51.1 Å². The molecule has 2 aliphatic rings. The van der Waals surface area contributed by atoms with E-state index in [1.807, 2.05) is 7.05 Å². The second-order valence-corrected chi connectivity index (χ2v) is 6.75. The first-order chi connectivity index (χ1) is 10.8. The smallest absolute Gasteiger partial charge is 0.129 e. The van der Waals surface area contributed by atoms with Crippen molar-refractivity contribution in [1.29, 1.82) is 0 Å². The lowest BCUT2D eigenvalue weighted by Gasteiger charge is -2.41. The standard InChI is InChI=1S/C17H28N4O/c1-18-17-11-14(19-12-20-17)10-13-6-8-21(9-7-13)15-4-2-3-5-16(15)22/h11-13,15-16,22H,2-10H2,1H3,(H,18,19,20). The maximum absolute atomic E-state index is 10.2. The van der Waals surface area contributed by atoms with Crippen molar-refractivity contribution in [2.24, 2.45) is 5.92 Å². The molecule has 2 fully saturated rings. The van der Waals surface area contributed by atoms with Gasteiger partial charge in [0.25, 0.3) is 0 Å². The molecule has 1 saturated heterocycles. The molecular formula is C17H28N4O. The number of likely N-dealkylation sites (tertiary alicyclic amines) is 1. The maximum Gasteiger partial charge on any atom is 0.129 e. The maximum atomic E-state index is 10.2. The molecule has 2 heterocycles. The van der Waals surface area contributed by atoms with Gasteiger partial charge in [-0.3, -0.25) is 4.90 Å². The molecule has 3 rings (SSSR count). The van der Waals surface area contributed by atoms with E-state index in [2.05, 4.69) is 26.3 Å². The largest absolute Gasteiger partial charge is 0.391 e. The number of hydrogen-bond donors (Lipinski definition) is 2. The average Bonchev–Trinajstić information content (AvgIpc) is 2.56. The van der Waals surface area contributed by atoms with Gasteiger partial charge in [-0.1, -0.05) is 12.8 Å². The molecule has 5 heteroatoms. The lowest BCUT2D eigenvalue weighted by atomic mass is 9.87. The third kappa shape index (κ3) is 3.76. The second kappa shape index (κ2) is 7.38. The minimum Gasteiger partial charge on any atom is -0.391 e. The Balaban J connectivity index is 1.51. The van der Waals surface area contributed by atoms with Crippen LogP contribution < -0.4 is 5.32 Å². The van der Waals surface area contributed by atoms with Crippen molar-refractivity contribution in [3.63, 3.8) is 0 Å². The molecule has 1 saturated carbocycles. The number of aromatic nitrogens is 2. The van der Waals surface area contributed by atoms with Crippen molar-refractivity contribution in [3.8, 4) is 0 Å². The van der Waals surface area contributed by atoms with Gasteiger partial charge in [0.15, 0.2) is 0 Å². The lowest BCUT2D eigenvalue weighted by Crippen LogP contribution is -2.49. The molecule has 122 valence electrons. The Bertz CT molecular complexity index is 473. The van der Waals surface area contributed by atoms with Gasteiger partial charge in [0.1, 0.15) is 12.1 Å². The minimum atomic E-state index is -0.106. The average molecular weight is 304 g/mol. The summed E-state index contributed by atoms with van der Waals surface area (Å²) in [7, 11) is 1.89. The zero-order chi connectivity index (χ0) is 15.4. The molecule has 2 N–H and O–H groups in total. The molecule has 0 amide bonds. The molecule has 0 aromatic carbocycles. The number of hydrogen-bond acceptors (Lipinski definition) is 5. The highest BCUT2D eigenvalue weighted by Gasteiger charge is 2.31. The van der Waals surface area contributed by atoms with Crippen LogP contribution in [0.3, 0.4) is 0 Å². The van der Waals surface area contributed by atoms with Crippen LogP contribution in [0.1, 0.15) is 44.2 Å². The van der Waals surface area contributed by atoms with Crippen molar-refractivity contribution >= 4 is 5.82 Å². The Morgan fingerprint density at radius 2 is 1.95 bits per heavy atom. The molecular weight excluding hydrogens is 276 g/mol. The summed E-state index contributed by atoms with van der Waals surface area (Å²) < 4.78 is 0. The molecule has 22 heavy (non-hydrogen) atoms. The van der Waals surface area contributed by atoms with E-state index < -0.39 is 0 Å². The molecule has 1 aromatic rings. The Hall–Kier alpha value is -1.20. The topological polar surface area (TPSA) is 61.3 Å². The van der Waals surface area contributed by atoms with E-state index in [0.717, 1.165) is 37.4 Å². The van der Waals surface area contributed by atoms with Crippen LogP contribution in [0.15, 0.2) is 12.4 Å². The summed E-state index contributed by atoms with van der Waals surface area (Å²) >= 11 is 0. The quantitative estimate of drug-likeness (QED) is 0.892. The van der Waals surface area contributed by atoms with E-state index in [-0.39, 0.29) is 6.10 Å². The molecule has 5 nitrogen and oxygen atoms in total. The fourth-order valence-corrected chi connectivity index (χ4v) is 3.95. The molecule has 2 atom stereocenters. The monoisotopic (exact) mass is 304 g/mol. The van der Waals surface area contributed by atoms with Crippen molar-refractivity contribution in [2.75, 3.05) is 25.5 Å². The first-order valence-corrected chi connectivity index (χ1v) is 8.67.